The molecule has 2 aliphatic rings. The highest BCUT2D eigenvalue weighted by Gasteiger charge is 2.32. The predicted octanol–water partition coefficient (Wildman–Crippen LogP) is 3.96. The molecule has 2 saturated carbocycles. The second kappa shape index (κ2) is 5.14. The van der Waals surface area contributed by atoms with Crippen LogP contribution in [-0.4, -0.2) is 5.78 Å². The van der Waals surface area contributed by atoms with E-state index in [0.29, 0.717) is 17.6 Å². The second-order valence-electron chi connectivity index (χ2n) is 5.59. The molecule has 2 rings (SSSR count). The van der Waals surface area contributed by atoms with E-state index in [1.807, 2.05) is 0 Å². The van der Waals surface area contributed by atoms with Gasteiger partial charge in [-0.2, -0.15) is 0 Å². The summed E-state index contributed by atoms with van der Waals surface area (Å²) in [6.45, 7) is 2.14. The molecule has 0 saturated heterocycles. The fourth-order valence-corrected chi connectivity index (χ4v) is 3.47. The smallest absolute Gasteiger partial charge is 0.139 e. The van der Waals surface area contributed by atoms with E-state index in [2.05, 4.69) is 6.92 Å². The molecule has 0 amide bonds. The van der Waals surface area contributed by atoms with Crippen molar-refractivity contribution in [3.63, 3.8) is 0 Å². The average molecular weight is 208 g/mol. The molecule has 86 valence electrons. The summed E-state index contributed by atoms with van der Waals surface area (Å²) in [5, 5.41) is 0. The fourth-order valence-electron chi connectivity index (χ4n) is 3.47. The Morgan fingerprint density at radius 1 is 0.867 bits per heavy atom. The van der Waals surface area contributed by atoms with Gasteiger partial charge in [-0.1, -0.05) is 39.0 Å². The summed E-state index contributed by atoms with van der Waals surface area (Å²) < 4.78 is 0. The third kappa shape index (κ3) is 2.62. The predicted molar refractivity (Wildman–Crippen MR) is 62.7 cm³/mol. The van der Waals surface area contributed by atoms with E-state index in [0.717, 1.165) is 12.3 Å². The molecule has 2 unspecified atom stereocenters. The first-order valence-electron chi connectivity index (χ1n) is 6.83. The first kappa shape index (κ1) is 11.2. The molecule has 0 aromatic rings. The van der Waals surface area contributed by atoms with Crippen LogP contribution in [0.1, 0.15) is 64.7 Å². The lowest BCUT2D eigenvalue weighted by molar-refractivity contribution is -0.128. The minimum Gasteiger partial charge on any atom is -0.299 e. The highest BCUT2D eigenvalue weighted by Crippen LogP contribution is 2.37. The van der Waals surface area contributed by atoms with E-state index in [-0.39, 0.29) is 0 Å². The van der Waals surface area contributed by atoms with Crippen molar-refractivity contribution in [1.29, 1.82) is 0 Å². The number of hydrogen-bond acceptors (Lipinski definition) is 1. The van der Waals surface area contributed by atoms with E-state index < -0.39 is 0 Å². The molecular weight excluding hydrogens is 184 g/mol. The van der Waals surface area contributed by atoms with Gasteiger partial charge in [-0.3, -0.25) is 4.79 Å². The number of carbonyl (C=O) groups is 1. The van der Waals surface area contributed by atoms with Crippen molar-refractivity contribution >= 4 is 5.78 Å². The summed E-state index contributed by atoms with van der Waals surface area (Å²) in [7, 11) is 0. The van der Waals surface area contributed by atoms with Gasteiger partial charge in [0.25, 0.3) is 0 Å². The van der Waals surface area contributed by atoms with Crippen molar-refractivity contribution in [1.82, 2.24) is 0 Å². The zero-order valence-electron chi connectivity index (χ0n) is 10.0. The van der Waals surface area contributed by atoms with Crippen molar-refractivity contribution in [3.05, 3.63) is 0 Å². The molecule has 0 spiro atoms. The molecule has 0 aliphatic heterocycles. The van der Waals surface area contributed by atoms with Gasteiger partial charge in [0.05, 0.1) is 0 Å². The molecule has 0 N–H and O–H groups in total. The molecular formula is C14H24O. The largest absolute Gasteiger partial charge is 0.299 e. The van der Waals surface area contributed by atoms with Crippen LogP contribution in [0.15, 0.2) is 0 Å². The van der Waals surface area contributed by atoms with Gasteiger partial charge in [0, 0.05) is 11.8 Å². The monoisotopic (exact) mass is 208 g/mol. The summed E-state index contributed by atoms with van der Waals surface area (Å²) in [6.07, 6.45) is 11.7. The van der Waals surface area contributed by atoms with Gasteiger partial charge in [0.2, 0.25) is 0 Å². The van der Waals surface area contributed by atoms with Gasteiger partial charge in [-0.05, 0) is 31.6 Å². The molecule has 0 radical (unpaired) electrons. The van der Waals surface area contributed by atoms with Crippen LogP contribution in [0.4, 0.5) is 0 Å². The Balaban J connectivity index is 2.00. The van der Waals surface area contributed by atoms with Crippen LogP contribution >= 0.6 is 0 Å². The fraction of sp³-hybridized carbons (Fsp3) is 0.929. The second-order valence-corrected chi connectivity index (χ2v) is 5.59. The van der Waals surface area contributed by atoms with Crippen LogP contribution < -0.4 is 0 Å². The molecule has 1 heteroatoms. The maximum Gasteiger partial charge on any atom is 0.139 e. The quantitative estimate of drug-likeness (QED) is 0.596. The van der Waals surface area contributed by atoms with Crippen LogP contribution in [0.5, 0.6) is 0 Å². The lowest BCUT2D eigenvalue weighted by atomic mass is 9.75. The normalized spacial score (nSPS) is 35.1. The van der Waals surface area contributed by atoms with Gasteiger partial charge in [-0.15, -0.1) is 0 Å². The van der Waals surface area contributed by atoms with Crippen molar-refractivity contribution < 1.29 is 4.79 Å². The Bertz CT molecular complexity index is 215. The average Bonchev–Trinajstić information content (AvgIpc) is 2.44. The Labute approximate surface area is 93.6 Å². The standard InChI is InChI=1S/C14H24O/c1-11-7-5-6-10-13(14(11)15)12-8-3-2-4-9-12/h11-13H,2-10H2,1H3. The molecule has 0 aromatic heterocycles. The van der Waals surface area contributed by atoms with Crippen molar-refractivity contribution in [3.8, 4) is 0 Å². The molecule has 2 fully saturated rings. The topological polar surface area (TPSA) is 17.1 Å². The third-order valence-electron chi connectivity index (χ3n) is 4.47. The third-order valence-corrected chi connectivity index (χ3v) is 4.47. The number of ketones is 1. The van der Waals surface area contributed by atoms with Gasteiger partial charge in [0.1, 0.15) is 5.78 Å². The minimum absolute atomic E-state index is 0.347. The summed E-state index contributed by atoms with van der Waals surface area (Å²) in [5.41, 5.74) is 0. The molecule has 15 heavy (non-hydrogen) atoms. The molecule has 2 atom stereocenters. The molecule has 1 nitrogen and oxygen atoms in total. The lowest BCUT2D eigenvalue weighted by Gasteiger charge is -2.29. The highest BCUT2D eigenvalue weighted by atomic mass is 16.1. The minimum atomic E-state index is 0.347. The molecule has 0 bridgehead atoms. The Morgan fingerprint density at radius 3 is 2.20 bits per heavy atom. The molecule has 0 heterocycles. The van der Waals surface area contributed by atoms with Crippen molar-refractivity contribution in [2.75, 3.05) is 0 Å². The summed E-state index contributed by atoms with van der Waals surface area (Å²) in [6, 6.07) is 0. The Hall–Kier alpha value is -0.330. The summed E-state index contributed by atoms with van der Waals surface area (Å²) >= 11 is 0. The molecule has 0 aromatic carbocycles. The van der Waals surface area contributed by atoms with Gasteiger partial charge in [-0.25, -0.2) is 0 Å². The number of hydrogen-bond donors (Lipinski definition) is 0. The van der Waals surface area contributed by atoms with Crippen LogP contribution in [0.3, 0.4) is 0 Å². The van der Waals surface area contributed by atoms with E-state index in [4.69, 9.17) is 0 Å². The van der Waals surface area contributed by atoms with Crippen LogP contribution in [0.25, 0.3) is 0 Å². The van der Waals surface area contributed by atoms with E-state index >= 15 is 0 Å². The van der Waals surface area contributed by atoms with E-state index in [1.165, 1.54) is 51.4 Å². The van der Waals surface area contributed by atoms with E-state index in [1.54, 1.807) is 0 Å². The maximum atomic E-state index is 12.2. The first-order chi connectivity index (χ1) is 7.29. The first-order valence-corrected chi connectivity index (χ1v) is 6.83. The highest BCUT2D eigenvalue weighted by molar-refractivity contribution is 5.83. The SMILES string of the molecule is CC1CCCCC(C2CCCCC2)C1=O. The van der Waals surface area contributed by atoms with Crippen LogP contribution in [0, 0.1) is 17.8 Å². The summed E-state index contributed by atoms with van der Waals surface area (Å²) in [4.78, 5) is 12.2. The van der Waals surface area contributed by atoms with Gasteiger partial charge in [0.15, 0.2) is 0 Å². The van der Waals surface area contributed by atoms with Crippen LogP contribution in [-0.2, 0) is 4.79 Å². The Morgan fingerprint density at radius 2 is 1.47 bits per heavy atom. The lowest BCUT2D eigenvalue weighted by Crippen LogP contribution is -2.28. The molecule has 2 aliphatic carbocycles. The van der Waals surface area contributed by atoms with Gasteiger partial charge >= 0.3 is 0 Å². The maximum absolute atomic E-state index is 12.2. The van der Waals surface area contributed by atoms with Crippen molar-refractivity contribution in [2.45, 2.75) is 64.7 Å². The summed E-state index contributed by atoms with van der Waals surface area (Å²) in [5.74, 6) is 2.12. The number of carbonyl (C=O) groups excluding carboxylic acids is 1. The van der Waals surface area contributed by atoms with Gasteiger partial charge < -0.3 is 0 Å². The van der Waals surface area contributed by atoms with Crippen LogP contribution in [0.2, 0.25) is 0 Å². The number of rotatable bonds is 1. The van der Waals surface area contributed by atoms with E-state index in [9.17, 15) is 4.79 Å². The zero-order valence-corrected chi connectivity index (χ0v) is 10.0. The van der Waals surface area contributed by atoms with Crippen molar-refractivity contribution in [2.24, 2.45) is 17.8 Å². The zero-order chi connectivity index (χ0) is 10.7. The Kier molecular flexibility index (Phi) is 3.82. The number of Topliss-reactive ketones (excluding diaryl/α,β-unsaturated/α-hetero) is 1.